The van der Waals surface area contributed by atoms with Crippen molar-refractivity contribution in [3.05, 3.63) is 12.2 Å². The molecule has 4 aliphatic carbocycles. The summed E-state index contributed by atoms with van der Waals surface area (Å²) in [4.78, 5) is 13.2. The van der Waals surface area contributed by atoms with Crippen molar-refractivity contribution >= 4 is 5.78 Å². The highest BCUT2D eigenvalue weighted by Gasteiger charge is 2.75. The second-order valence-corrected chi connectivity index (χ2v) is 9.59. The minimum atomic E-state index is -1.24. The van der Waals surface area contributed by atoms with Crippen LogP contribution in [0.1, 0.15) is 46.0 Å². The first kappa shape index (κ1) is 17.7. The van der Waals surface area contributed by atoms with E-state index in [1.165, 1.54) is 0 Å². The van der Waals surface area contributed by atoms with Gasteiger partial charge in [-0.15, -0.1) is 0 Å². The summed E-state index contributed by atoms with van der Waals surface area (Å²) in [5, 5.41) is 42.9. The molecule has 140 valence electrons. The van der Waals surface area contributed by atoms with Crippen LogP contribution in [0.3, 0.4) is 0 Å². The Morgan fingerprint density at radius 3 is 2.44 bits per heavy atom. The lowest BCUT2D eigenvalue weighted by atomic mass is 9.39. The Labute approximate surface area is 148 Å². The highest BCUT2D eigenvalue weighted by Crippen LogP contribution is 2.70. The molecule has 9 unspecified atom stereocenters. The van der Waals surface area contributed by atoms with Gasteiger partial charge in [-0.2, -0.15) is 0 Å². The largest absolute Gasteiger partial charge is 0.396 e. The number of aliphatic hydroxyl groups excluding tert-OH is 4. The van der Waals surface area contributed by atoms with Gasteiger partial charge in [-0.3, -0.25) is 4.79 Å². The third kappa shape index (κ3) is 1.81. The van der Waals surface area contributed by atoms with Gasteiger partial charge < -0.3 is 20.4 Å². The number of carbonyl (C=O) groups excluding carboxylic acids is 1. The number of carbonyl (C=O) groups is 1. The molecule has 4 aliphatic rings. The highest BCUT2D eigenvalue weighted by atomic mass is 16.3. The maximum atomic E-state index is 13.2. The molecule has 5 heteroatoms. The van der Waals surface area contributed by atoms with Crippen molar-refractivity contribution in [1.82, 2.24) is 0 Å². The van der Waals surface area contributed by atoms with Crippen LogP contribution in [-0.4, -0.2) is 51.1 Å². The molecule has 0 aliphatic heterocycles. The zero-order chi connectivity index (χ0) is 18.4. The maximum Gasteiger partial charge on any atom is 0.170 e. The quantitative estimate of drug-likeness (QED) is 0.530. The summed E-state index contributed by atoms with van der Waals surface area (Å²) in [6.07, 6.45) is 0.684. The number of ketones is 1. The van der Waals surface area contributed by atoms with E-state index in [1.807, 2.05) is 0 Å². The van der Waals surface area contributed by atoms with Crippen molar-refractivity contribution in [3.63, 3.8) is 0 Å². The molecular formula is C20H30O5. The van der Waals surface area contributed by atoms with E-state index in [4.69, 9.17) is 0 Å². The lowest BCUT2D eigenvalue weighted by molar-refractivity contribution is -0.242. The monoisotopic (exact) mass is 350 g/mol. The first-order valence-electron chi connectivity index (χ1n) is 9.53. The van der Waals surface area contributed by atoms with Gasteiger partial charge in [-0.1, -0.05) is 26.8 Å². The van der Waals surface area contributed by atoms with Crippen molar-refractivity contribution < 1.29 is 25.2 Å². The van der Waals surface area contributed by atoms with E-state index in [0.717, 1.165) is 19.3 Å². The summed E-state index contributed by atoms with van der Waals surface area (Å²) < 4.78 is 0. The minimum absolute atomic E-state index is 0.0497. The number of hydrogen-bond acceptors (Lipinski definition) is 5. The van der Waals surface area contributed by atoms with Gasteiger partial charge in [0, 0.05) is 12.5 Å². The van der Waals surface area contributed by atoms with Crippen LogP contribution >= 0.6 is 0 Å². The van der Waals surface area contributed by atoms with Gasteiger partial charge in [0.1, 0.15) is 0 Å². The van der Waals surface area contributed by atoms with Crippen molar-refractivity contribution in [3.8, 4) is 0 Å². The first-order valence-corrected chi connectivity index (χ1v) is 9.53. The SMILES string of the molecule is C=C1C(=O)C23C(O)CC4C(C)(CO)CCCC4(C)C2CC(O)C1C3O. The molecule has 4 fully saturated rings. The average Bonchev–Trinajstić information content (AvgIpc) is 2.69. The Morgan fingerprint density at radius 1 is 1.12 bits per heavy atom. The summed E-state index contributed by atoms with van der Waals surface area (Å²) in [6, 6.07) is 0. The fourth-order valence-corrected chi connectivity index (χ4v) is 7.43. The molecule has 4 rings (SSSR count). The highest BCUT2D eigenvalue weighted by molar-refractivity contribution is 6.04. The second-order valence-electron chi connectivity index (χ2n) is 9.59. The van der Waals surface area contributed by atoms with Crippen molar-refractivity contribution in [2.45, 2.75) is 64.3 Å². The molecule has 0 aromatic heterocycles. The van der Waals surface area contributed by atoms with Crippen LogP contribution in [0.25, 0.3) is 0 Å². The Balaban J connectivity index is 1.89. The normalized spacial score (nSPS) is 58.0. The van der Waals surface area contributed by atoms with Crippen LogP contribution in [0.5, 0.6) is 0 Å². The van der Waals surface area contributed by atoms with E-state index < -0.39 is 29.6 Å². The summed E-state index contributed by atoms with van der Waals surface area (Å²) in [5.74, 6) is -1.16. The number of Topliss-reactive ketones (excluding diaryl/α,β-unsaturated/α-hetero) is 1. The van der Waals surface area contributed by atoms with Crippen molar-refractivity contribution in [2.75, 3.05) is 6.61 Å². The van der Waals surface area contributed by atoms with Crippen molar-refractivity contribution in [1.29, 1.82) is 0 Å². The molecule has 0 heterocycles. The lowest BCUT2D eigenvalue weighted by Crippen LogP contribution is -2.68. The third-order valence-corrected chi connectivity index (χ3v) is 8.65. The molecule has 25 heavy (non-hydrogen) atoms. The Bertz CT molecular complexity index is 632. The van der Waals surface area contributed by atoms with Crippen molar-refractivity contribution in [2.24, 2.45) is 34.0 Å². The lowest BCUT2D eigenvalue weighted by Gasteiger charge is -2.65. The summed E-state index contributed by atoms with van der Waals surface area (Å²) in [5.41, 5.74) is -1.58. The zero-order valence-corrected chi connectivity index (χ0v) is 15.1. The molecular weight excluding hydrogens is 320 g/mol. The topological polar surface area (TPSA) is 98.0 Å². The molecule has 0 aromatic rings. The second kappa shape index (κ2) is 5.16. The molecule has 0 aromatic carbocycles. The van der Waals surface area contributed by atoms with Gasteiger partial charge in [-0.25, -0.2) is 0 Å². The molecule has 5 nitrogen and oxygen atoms in total. The summed E-state index contributed by atoms with van der Waals surface area (Å²) in [6.45, 7) is 8.10. The van der Waals surface area contributed by atoms with Crippen LogP contribution in [-0.2, 0) is 4.79 Å². The fraction of sp³-hybridized carbons (Fsp3) is 0.850. The van der Waals surface area contributed by atoms with Gasteiger partial charge in [0.2, 0.25) is 0 Å². The number of rotatable bonds is 1. The van der Waals surface area contributed by atoms with Gasteiger partial charge in [0.25, 0.3) is 0 Å². The molecule has 2 bridgehead atoms. The summed E-state index contributed by atoms with van der Waals surface area (Å²) in [7, 11) is 0. The molecule has 0 radical (unpaired) electrons. The summed E-state index contributed by atoms with van der Waals surface area (Å²) >= 11 is 0. The predicted octanol–water partition coefficient (Wildman–Crippen LogP) is 1.04. The van der Waals surface area contributed by atoms with Gasteiger partial charge in [0.05, 0.1) is 23.7 Å². The number of fused-ring (bicyclic) bond motifs is 3. The van der Waals surface area contributed by atoms with Crippen LogP contribution in [0.4, 0.5) is 0 Å². The van der Waals surface area contributed by atoms with Gasteiger partial charge >= 0.3 is 0 Å². The third-order valence-electron chi connectivity index (χ3n) is 8.65. The van der Waals surface area contributed by atoms with Gasteiger partial charge in [-0.05, 0) is 53.9 Å². The standard InChI is InChI=1S/C20H30O5/c1-10-15-11(22)7-13-19(3)6-4-5-18(2,9-21)12(19)8-14(23)20(13,16(10)24)17(15)25/h11-15,17,21-23,25H,1,4-9H2,2-3H3. The average molecular weight is 350 g/mol. The van der Waals surface area contributed by atoms with Crippen LogP contribution in [0, 0.1) is 34.0 Å². The van der Waals surface area contributed by atoms with E-state index in [-0.39, 0.29) is 40.6 Å². The van der Waals surface area contributed by atoms with Crippen LogP contribution in [0.15, 0.2) is 12.2 Å². The molecule has 4 saturated carbocycles. The number of hydrogen-bond donors (Lipinski definition) is 4. The van der Waals surface area contributed by atoms with Crippen LogP contribution < -0.4 is 0 Å². The van der Waals surface area contributed by atoms with E-state index in [0.29, 0.717) is 12.8 Å². The van der Waals surface area contributed by atoms with E-state index in [1.54, 1.807) is 0 Å². The molecule has 4 N–H and O–H groups in total. The predicted molar refractivity (Wildman–Crippen MR) is 91.5 cm³/mol. The van der Waals surface area contributed by atoms with E-state index >= 15 is 0 Å². The Hall–Kier alpha value is -0.750. The van der Waals surface area contributed by atoms with Gasteiger partial charge in [0.15, 0.2) is 5.78 Å². The zero-order valence-electron chi connectivity index (χ0n) is 15.1. The minimum Gasteiger partial charge on any atom is -0.396 e. The molecule has 0 amide bonds. The molecule has 1 spiro atoms. The first-order chi connectivity index (χ1) is 11.6. The molecule has 9 atom stereocenters. The maximum absolute atomic E-state index is 13.2. The number of aliphatic hydroxyl groups is 4. The smallest absolute Gasteiger partial charge is 0.170 e. The van der Waals surface area contributed by atoms with E-state index in [9.17, 15) is 25.2 Å². The van der Waals surface area contributed by atoms with E-state index in [2.05, 4.69) is 20.4 Å². The fourth-order valence-electron chi connectivity index (χ4n) is 7.43. The Kier molecular flexibility index (Phi) is 3.64. The molecule has 0 saturated heterocycles. The Morgan fingerprint density at radius 2 is 1.80 bits per heavy atom. The van der Waals surface area contributed by atoms with Crippen LogP contribution in [0.2, 0.25) is 0 Å².